The molecule has 0 aliphatic carbocycles. The first-order valence-electron chi connectivity index (χ1n) is 4.90. The quantitative estimate of drug-likeness (QED) is 0.837. The van der Waals surface area contributed by atoms with Gasteiger partial charge in [0, 0.05) is 0 Å². The lowest BCUT2D eigenvalue weighted by Gasteiger charge is -2.16. The van der Waals surface area contributed by atoms with E-state index in [1.54, 1.807) is 5.51 Å². The molecule has 0 radical (unpaired) electrons. The van der Waals surface area contributed by atoms with Gasteiger partial charge in [0.25, 0.3) is 0 Å². The van der Waals surface area contributed by atoms with E-state index in [0.29, 0.717) is 0 Å². The van der Waals surface area contributed by atoms with Gasteiger partial charge in [-0.1, -0.05) is 0 Å². The Bertz CT molecular complexity index is 350. The molecule has 1 unspecified atom stereocenters. The van der Waals surface area contributed by atoms with Crippen molar-refractivity contribution in [2.24, 2.45) is 0 Å². The molecular formula is C10H15NO3S. The number of hydrogen-bond donors (Lipinski definition) is 1. The average Bonchev–Trinajstić information content (AvgIpc) is 2.68. The minimum atomic E-state index is -0.630. The van der Waals surface area contributed by atoms with E-state index in [2.05, 4.69) is 4.98 Å². The molecule has 5 heteroatoms. The Hall–Kier alpha value is -0.490. The van der Waals surface area contributed by atoms with E-state index >= 15 is 0 Å². The van der Waals surface area contributed by atoms with Gasteiger partial charge < -0.3 is 14.6 Å². The Morgan fingerprint density at radius 3 is 2.80 bits per heavy atom. The summed E-state index contributed by atoms with van der Waals surface area (Å²) in [6.45, 7) is 5.61. The molecule has 0 saturated carbocycles. The van der Waals surface area contributed by atoms with Crippen molar-refractivity contribution >= 4 is 11.3 Å². The van der Waals surface area contributed by atoms with Gasteiger partial charge >= 0.3 is 0 Å². The van der Waals surface area contributed by atoms with Crippen LogP contribution < -0.4 is 0 Å². The van der Waals surface area contributed by atoms with E-state index in [1.807, 2.05) is 20.8 Å². The van der Waals surface area contributed by atoms with E-state index in [4.69, 9.17) is 9.47 Å². The highest BCUT2D eigenvalue weighted by Gasteiger charge is 2.42. The minimum absolute atomic E-state index is 0.0363. The van der Waals surface area contributed by atoms with Crippen LogP contribution in [0.15, 0.2) is 5.51 Å². The Kier molecular flexibility index (Phi) is 2.81. The average molecular weight is 229 g/mol. The standard InChI is InChI=1S/C10H15NO3S/c1-6-9(15-5-11-6)8-7(4-12)13-10(2,3)14-8/h5,7-8,12H,4H2,1-3H3/t7?,8-/m0/s1. The molecule has 1 saturated heterocycles. The molecule has 2 heterocycles. The van der Waals surface area contributed by atoms with Crippen LogP contribution in [0.1, 0.15) is 30.5 Å². The molecule has 84 valence electrons. The SMILES string of the molecule is Cc1ncsc1[C@H]1OC(C)(C)OC1CO. The molecule has 1 N–H and O–H groups in total. The summed E-state index contributed by atoms with van der Waals surface area (Å²) in [5.74, 6) is -0.630. The van der Waals surface area contributed by atoms with Gasteiger partial charge in [0.1, 0.15) is 12.2 Å². The number of ether oxygens (including phenoxy) is 2. The number of rotatable bonds is 2. The van der Waals surface area contributed by atoms with Crippen LogP contribution in [0.2, 0.25) is 0 Å². The second-order valence-corrected chi connectivity index (χ2v) is 4.97. The smallest absolute Gasteiger partial charge is 0.164 e. The van der Waals surface area contributed by atoms with Crippen molar-refractivity contribution in [3.05, 3.63) is 16.1 Å². The summed E-state index contributed by atoms with van der Waals surface area (Å²) in [5, 5.41) is 9.24. The first-order chi connectivity index (χ1) is 7.03. The summed E-state index contributed by atoms with van der Waals surface area (Å²) < 4.78 is 11.4. The number of aryl methyl sites for hydroxylation is 1. The summed E-state index contributed by atoms with van der Waals surface area (Å²) >= 11 is 1.54. The third kappa shape index (κ3) is 2.06. The van der Waals surface area contributed by atoms with Crippen molar-refractivity contribution in [3.63, 3.8) is 0 Å². The van der Waals surface area contributed by atoms with Crippen LogP contribution >= 0.6 is 11.3 Å². The number of thiazole rings is 1. The minimum Gasteiger partial charge on any atom is -0.394 e. The number of aromatic nitrogens is 1. The Labute approximate surface area is 92.9 Å². The van der Waals surface area contributed by atoms with Crippen molar-refractivity contribution in [3.8, 4) is 0 Å². The van der Waals surface area contributed by atoms with E-state index in [-0.39, 0.29) is 18.8 Å². The van der Waals surface area contributed by atoms with Crippen molar-refractivity contribution in [2.75, 3.05) is 6.61 Å². The topological polar surface area (TPSA) is 51.6 Å². The molecule has 0 spiro atoms. The molecule has 2 atom stereocenters. The molecule has 1 fully saturated rings. The van der Waals surface area contributed by atoms with Crippen LogP contribution in [-0.2, 0) is 9.47 Å². The second-order valence-electron chi connectivity index (χ2n) is 4.08. The van der Waals surface area contributed by atoms with E-state index in [1.165, 1.54) is 11.3 Å². The lowest BCUT2D eigenvalue weighted by atomic mass is 10.1. The summed E-state index contributed by atoms with van der Waals surface area (Å²) in [6.07, 6.45) is -0.489. The zero-order chi connectivity index (χ0) is 11.1. The van der Waals surface area contributed by atoms with Gasteiger partial charge in [0.15, 0.2) is 5.79 Å². The molecule has 4 nitrogen and oxygen atoms in total. The lowest BCUT2D eigenvalue weighted by Crippen LogP contribution is -2.23. The normalized spacial score (nSPS) is 29.6. The molecule has 2 rings (SSSR count). The maximum Gasteiger partial charge on any atom is 0.164 e. The third-order valence-corrected chi connectivity index (χ3v) is 3.40. The number of aliphatic hydroxyl groups excluding tert-OH is 1. The second kappa shape index (κ2) is 3.83. The Balaban J connectivity index is 2.26. The highest BCUT2D eigenvalue weighted by molar-refractivity contribution is 7.09. The van der Waals surface area contributed by atoms with Crippen molar-refractivity contribution in [2.45, 2.75) is 38.8 Å². The molecule has 15 heavy (non-hydrogen) atoms. The highest BCUT2D eigenvalue weighted by atomic mass is 32.1. The lowest BCUT2D eigenvalue weighted by molar-refractivity contribution is -0.149. The van der Waals surface area contributed by atoms with Gasteiger partial charge in [0.05, 0.1) is 22.7 Å². The monoisotopic (exact) mass is 229 g/mol. The summed E-state index contributed by atoms with van der Waals surface area (Å²) in [6, 6.07) is 0. The molecule has 0 bridgehead atoms. The fourth-order valence-electron chi connectivity index (χ4n) is 1.78. The Morgan fingerprint density at radius 1 is 1.53 bits per heavy atom. The van der Waals surface area contributed by atoms with Crippen LogP contribution in [-0.4, -0.2) is 28.6 Å². The first-order valence-corrected chi connectivity index (χ1v) is 5.78. The maximum atomic E-state index is 9.24. The number of hydrogen-bond acceptors (Lipinski definition) is 5. The van der Waals surface area contributed by atoms with Gasteiger partial charge in [0.2, 0.25) is 0 Å². The molecule has 1 aliphatic rings. The number of aliphatic hydroxyl groups is 1. The van der Waals surface area contributed by atoms with Crippen LogP contribution in [0, 0.1) is 6.92 Å². The maximum absolute atomic E-state index is 9.24. The largest absolute Gasteiger partial charge is 0.394 e. The van der Waals surface area contributed by atoms with E-state index in [0.717, 1.165) is 10.6 Å². The van der Waals surface area contributed by atoms with E-state index < -0.39 is 5.79 Å². The summed E-state index contributed by atoms with van der Waals surface area (Å²) in [4.78, 5) is 5.22. The van der Waals surface area contributed by atoms with Crippen LogP contribution in [0.25, 0.3) is 0 Å². The van der Waals surface area contributed by atoms with Crippen molar-refractivity contribution in [1.29, 1.82) is 0 Å². The molecule has 0 aromatic carbocycles. The zero-order valence-corrected chi connectivity index (χ0v) is 9.87. The van der Waals surface area contributed by atoms with Gasteiger partial charge in [-0.25, -0.2) is 4.98 Å². The fourth-order valence-corrected chi connectivity index (χ4v) is 2.66. The molecule has 1 aromatic rings. The van der Waals surface area contributed by atoms with E-state index in [9.17, 15) is 5.11 Å². The van der Waals surface area contributed by atoms with Crippen LogP contribution in [0.5, 0.6) is 0 Å². The van der Waals surface area contributed by atoms with Gasteiger partial charge in [-0.2, -0.15) is 0 Å². The Morgan fingerprint density at radius 2 is 2.27 bits per heavy atom. The van der Waals surface area contributed by atoms with Gasteiger partial charge in [-0.15, -0.1) is 11.3 Å². The fraction of sp³-hybridized carbons (Fsp3) is 0.700. The summed E-state index contributed by atoms with van der Waals surface area (Å²) in [7, 11) is 0. The molecule has 1 aromatic heterocycles. The van der Waals surface area contributed by atoms with Gasteiger partial charge in [-0.3, -0.25) is 0 Å². The zero-order valence-electron chi connectivity index (χ0n) is 9.06. The first kappa shape index (κ1) is 11.0. The predicted molar refractivity (Wildman–Crippen MR) is 56.7 cm³/mol. The molecule has 0 amide bonds. The number of nitrogens with zero attached hydrogens (tertiary/aromatic N) is 1. The third-order valence-electron chi connectivity index (χ3n) is 2.40. The van der Waals surface area contributed by atoms with Crippen molar-refractivity contribution < 1.29 is 14.6 Å². The highest BCUT2D eigenvalue weighted by Crippen LogP contribution is 2.40. The van der Waals surface area contributed by atoms with Crippen LogP contribution in [0.4, 0.5) is 0 Å². The summed E-state index contributed by atoms with van der Waals surface area (Å²) in [5.41, 5.74) is 2.73. The van der Waals surface area contributed by atoms with Gasteiger partial charge in [-0.05, 0) is 20.8 Å². The molecular weight excluding hydrogens is 214 g/mol. The van der Waals surface area contributed by atoms with Crippen molar-refractivity contribution in [1.82, 2.24) is 4.98 Å². The predicted octanol–water partition coefficient (Wildman–Crippen LogP) is 1.64. The molecule has 1 aliphatic heterocycles. The van der Waals surface area contributed by atoms with Crippen LogP contribution in [0.3, 0.4) is 0 Å².